The van der Waals surface area contributed by atoms with Gasteiger partial charge in [-0.1, -0.05) is 21.5 Å². The van der Waals surface area contributed by atoms with Gasteiger partial charge in [0.1, 0.15) is 9.92 Å². The lowest BCUT2D eigenvalue weighted by atomic mass is 10.2. The van der Waals surface area contributed by atoms with Gasteiger partial charge >= 0.3 is 6.09 Å². The quantitative estimate of drug-likeness (QED) is 0.760. The van der Waals surface area contributed by atoms with E-state index < -0.39 is 32.1 Å². The molecule has 0 aliphatic carbocycles. The number of hydrogen-bond donors (Lipinski definition) is 2. The zero-order chi connectivity index (χ0) is 18.7. The molecule has 0 spiro atoms. The number of carbonyl (C=O) groups is 1. The third-order valence-electron chi connectivity index (χ3n) is 3.55. The van der Waals surface area contributed by atoms with Gasteiger partial charge in [-0.2, -0.15) is 8.42 Å². The summed E-state index contributed by atoms with van der Waals surface area (Å²) in [5.41, 5.74) is 0.895. The number of ether oxygens (including phenoxy) is 1. The van der Waals surface area contributed by atoms with Gasteiger partial charge < -0.3 is 14.7 Å². The molecule has 2 rings (SSSR count). The van der Waals surface area contributed by atoms with Crippen LogP contribution in [0, 0.1) is 6.92 Å². The maximum Gasteiger partial charge on any atom is 0.407 e. The molecule has 11 heteroatoms. The molecule has 1 heterocycles. The third kappa shape index (κ3) is 5.66. The van der Waals surface area contributed by atoms with Crippen LogP contribution < -0.4 is 4.72 Å². The fraction of sp³-hybridized carbons (Fsp3) is 0.500. The van der Waals surface area contributed by atoms with Crippen LogP contribution in [0.15, 0.2) is 32.9 Å². The van der Waals surface area contributed by atoms with Crippen molar-refractivity contribution in [3.05, 3.63) is 29.8 Å². The Kier molecular flexibility index (Phi) is 6.03. The van der Waals surface area contributed by atoms with E-state index in [2.05, 4.69) is 8.49 Å². The molecule has 25 heavy (non-hydrogen) atoms. The second-order valence-electron chi connectivity index (χ2n) is 5.74. The number of sulfonamides is 1. The molecule has 1 aromatic rings. The highest BCUT2D eigenvalue weighted by Crippen LogP contribution is 2.14. The Balaban J connectivity index is 2.07. The maximum atomic E-state index is 12.5. The van der Waals surface area contributed by atoms with Crippen LogP contribution in [0.3, 0.4) is 0 Å². The molecule has 1 aliphatic rings. The Morgan fingerprint density at radius 2 is 2.00 bits per heavy atom. The predicted octanol–water partition coefficient (Wildman–Crippen LogP) is 0.665. The molecule has 1 aromatic carbocycles. The van der Waals surface area contributed by atoms with Gasteiger partial charge in [0.25, 0.3) is 10.0 Å². The lowest BCUT2D eigenvalue weighted by molar-refractivity contribution is -0.0182. The topological polar surface area (TPSA) is 125 Å². The number of amides is 1. The van der Waals surface area contributed by atoms with Crippen molar-refractivity contribution >= 4 is 26.0 Å². The first-order valence-corrected chi connectivity index (χ1v) is 10.8. The number of benzene rings is 1. The van der Waals surface area contributed by atoms with Crippen LogP contribution in [0.4, 0.5) is 4.79 Å². The Hall–Kier alpha value is -1.69. The molecule has 0 saturated carbocycles. The summed E-state index contributed by atoms with van der Waals surface area (Å²) in [6.45, 7) is 2.44. The minimum absolute atomic E-state index is 0.0199. The van der Waals surface area contributed by atoms with E-state index in [1.54, 1.807) is 12.1 Å². The average molecular weight is 391 g/mol. The first kappa shape index (κ1) is 19.6. The molecule has 9 nitrogen and oxygen atoms in total. The molecular formula is C14H21N3O6S2. The Labute approximate surface area is 147 Å². The van der Waals surface area contributed by atoms with E-state index in [1.807, 2.05) is 6.92 Å². The van der Waals surface area contributed by atoms with E-state index >= 15 is 0 Å². The Morgan fingerprint density at radius 1 is 1.36 bits per heavy atom. The third-order valence-corrected chi connectivity index (χ3v) is 7.04. The van der Waals surface area contributed by atoms with E-state index in [-0.39, 0.29) is 31.1 Å². The Bertz CT molecular complexity index is 844. The molecule has 1 saturated heterocycles. The normalized spacial score (nSPS) is 20.7. The van der Waals surface area contributed by atoms with Crippen molar-refractivity contribution in [2.24, 2.45) is 3.77 Å². The van der Waals surface area contributed by atoms with Crippen LogP contribution in [0.2, 0.25) is 0 Å². The van der Waals surface area contributed by atoms with Crippen LogP contribution in [-0.2, 0) is 24.7 Å². The monoisotopic (exact) mass is 391 g/mol. The molecule has 1 amide bonds. The SMILES string of the molecule is Cc1ccc(S(=O)(=O)N=S(C)(=O)NC[C@@H]2CN(C(=O)O)CCO2)cc1. The number of morpholine rings is 1. The van der Waals surface area contributed by atoms with Crippen molar-refractivity contribution in [1.29, 1.82) is 0 Å². The molecule has 2 atom stereocenters. The van der Waals surface area contributed by atoms with Crippen molar-refractivity contribution in [2.75, 3.05) is 32.5 Å². The number of rotatable bonds is 5. The summed E-state index contributed by atoms with van der Waals surface area (Å²) in [6, 6.07) is 6.06. The molecular weight excluding hydrogens is 370 g/mol. The summed E-state index contributed by atoms with van der Waals surface area (Å²) in [7, 11) is -7.31. The summed E-state index contributed by atoms with van der Waals surface area (Å²) in [4.78, 5) is 12.1. The summed E-state index contributed by atoms with van der Waals surface area (Å²) < 4.78 is 48.4. The number of hydrogen-bond acceptors (Lipinski definition) is 5. The summed E-state index contributed by atoms with van der Waals surface area (Å²) in [5, 5.41) is 8.98. The van der Waals surface area contributed by atoms with Crippen LogP contribution >= 0.6 is 0 Å². The molecule has 1 unspecified atom stereocenters. The first-order chi connectivity index (χ1) is 11.6. The van der Waals surface area contributed by atoms with Gasteiger partial charge in [-0.05, 0) is 19.1 Å². The largest absolute Gasteiger partial charge is 0.465 e. The molecule has 2 N–H and O–H groups in total. The van der Waals surface area contributed by atoms with E-state index in [4.69, 9.17) is 9.84 Å². The molecule has 0 bridgehead atoms. The van der Waals surface area contributed by atoms with Crippen molar-refractivity contribution in [3.8, 4) is 0 Å². The molecule has 0 aromatic heterocycles. The minimum atomic E-state index is -4.07. The molecule has 1 aliphatic heterocycles. The van der Waals surface area contributed by atoms with Crippen molar-refractivity contribution in [1.82, 2.24) is 9.62 Å². The van der Waals surface area contributed by atoms with Gasteiger partial charge in [-0.25, -0.2) is 13.7 Å². The number of aryl methyl sites for hydroxylation is 1. The average Bonchev–Trinajstić information content (AvgIpc) is 2.53. The number of carboxylic acid groups (broad SMARTS) is 1. The van der Waals surface area contributed by atoms with Gasteiger partial charge in [0.2, 0.25) is 0 Å². The van der Waals surface area contributed by atoms with Gasteiger partial charge in [-0.3, -0.25) is 0 Å². The minimum Gasteiger partial charge on any atom is -0.465 e. The van der Waals surface area contributed by atoms with Gasteiger partial charge in [0.05, 0.1) is 24.2 Å². The highest BCUT2D eigenvalue weighted by molar-refractivity contribution is 8.02. The highest BCUT2D eigenvalue weighted by atomic mass is 32.3. The van der Waals surface area contributed by atoms with Crippen LogP contribution in [0.1, 0.15) is 5.56 Å². The van der Waals surface area contributed by atoms with Crippen molar-refractivity contribution < 1.29 is 27.3 Å². The maximum absolute atomic E-state index is 12.5. The summed E-state index contributed by atoms with van der Waals surface area (Å²) in [6.07, 6.45) is -0.406. The zero-order valence-electron chi connectivity index (χ0n) is 13.9. The van der Waals surface area contributed by atoms with E-state index in [1.165, 1.54) is 23.3 Å². The van der Waals surface area contributed by atoms with E-state index in [0.717, 1.165) is 5.56 Å². The van der Waals surface area contributed by atoms with Crippen LogP contribution in [0.25, 0.3) is 0 Å². The van der Waals surface area contributed by atoms with Gasteiger partial charge in [-0.15, -0.1) is 0 Å². The van der Waals surface area contributed by atoms with Crippen LogP contribution in [-0.4, -0.2) is 67.3 Å². The second-order valence-corrected chi connectivity index (χ2v) is 9.65. The predicted molar refractivity (Wildman–Crippen MR) is 92.2 cm³/mol. The van der Waals surface area contributed by atoms with Gasteiger partial charge in [0, 0.05) is 19.3 Å². The van der Waals surface area contributed by atoms with Gasteiger partial charge in [0.15, 0.2) is 0 Å². The fourth-order valence-electron chi connectivity index (χ4n) is 2.23. The van der Waals surface area contributed by atoms with Crippen molar-refractivity contribution in [2.45, 2.75) is 17.9 Å². The lowest BCUT2D eigenvalue weighted by Crippen LogP contribution is -2.49. The fourth-order valence-corrected chi connectivity index (χ4v) is 5.26. The van der Waals surface area contributed by atoms with E-state index in [0.29, 0.717) is 0 Å². The molecule has 1 fully saturated rings. The highest BCUT2D eigenvalue weighted by Gasteiger charge is 2.24. The van der Waals surface area contributed by atoms with Crippen LogP contribution in [0.5, 0.6) is 0 Å². The Morgan fingerprint density at radius 3 is 2.60 bits per heavy atom. The lowest BCUT2D eigenvalue weighted by Gasteiger charge is -2.31. The standard InChI is InChI=1S/C14H21N3O6S2/c1-11-3-5-13(6-4-11)25(21,22)16-24(2,20)15-9-12-10-17(14(18)19)7-8-23-12/h3-6,12H,7-10H2,1-2H3,(H,18,19)(H,15,16,20)/t12-,24?/m1/s1. The van der Waals surface area contributed by atoms with Crippen molar-refractivity contribution in [3.63, 3.8) is 0 Å². The first-order valence-electron chi connectivity index (χ1n) is 7.48. The molecule has 0 radical (unpaired) electrons. The smallest absolute Gasteiger partial charge is 0.407 e. The number of nitrogens with one attached hydrogen (secondary N) is 1. The zero-order valence-corrected chi connectivity index (χ0v) is 15.5. The number of nitrogens with zero attached hydrogens (tertiary/aromatic N) is 2. The van der Waals surface area contributed by atoms with E-state index in [9.17, 15) is 17.4 Å². The summed E-state index contributed by atoms with van der Waals surface area (Å²) in [5.74, 6) is 0. The summed E-state index contributed by atoms with van der Waals surface area (Å²) >= 11 is 0. The second kappa shape index (κ2) is 7.68. The molecule has 140 valence electrons.